The van der Waals surface area contributed by atoms with Gasteiger partial charge in [-0.2, -0.15) is 0 Å². The molecule has 0 amide bonds. The molecule has 0 bridgehead atoms. The number of unbranched alkanes of at least 4 members (excludes halogenated alkanes) is 2. The Labute approximate surface area is 107 Å². The van der Waals surface area contributed by atoms with Crippen molar-refractivity contribution in [3.63, 3.8) is 0 Å². The van der Waals surface area contributed by atoms with Crippen LogP contribution in [0.1, 0.15) is 39.5 Å². The highest BCUT2D eigenvalue weighted by molar-refractivity contribution is 6.03. The zero-order valence-electron chi connectivity index (χ0n) is 11.0. The monoisotopic (exact) mass is 260 g/mol. The summed E-state index contributed by atoms with van der Waals surface area (Å²) in [5.74, 6) is -2.33. The number of halogens is 1. The summed E-state index contributed by atoms with van der Waals surface area (Å²) in [6.45, 7) is 6.71. The van der Waals surface area contributed by atoms with E-state index in [0.29, 0.717) is 19.3 Å². The third kappa shape index (κ3) is 4.85. The topological polar surface area (TPSA) is 52.6 Å². The molecule has 5 heteroatoms. The van der Waals surface area contributed by atoms with Crippen LogP contribution in [0.2, 0.25) is 0 Å². The minimum Gasteiger partial charge on any atom is -0.463 e. The smallest absolute Gasteiger partial charge is 0.355 e. The van der Waals surface area contributed by atoms with Gasteiger partial charge in [-0.1, -0.05) is 6.08 Å². The summed E-state index contributed by atoms with van der Waals surface area (Å²) in [7, 11) is 0. The predicted molar refractivity (Wildman–Crippen MR) is 65.8 cm³/mol. The number of ether oxygens (including phenoxy) is 2. The van der Waals surface area contributed by atoms with Gasteiger partial charge in [0.2, 0.25) is 0 Å². The Morgan fingerprint density at radius 3 is 2.06 bits per heavy atom. The molecule has 0 aromatic rings. The predicted octanol–water partition coefficient (Wildman–Crippen LogP) is 2.57. The lowest BCUT2D eigenvalue weighted by Crippen LogP contribution is -2.45. The van der Waals surface area contributed by atoms with Crippen LogP contribution in [-0.2, 0) is 19.1 Å². The summed E-state index contributed by atoms with van der Waals surface area (Å²) in [6, 6.07) is 0. The minimum atomic E-state index is -2.69. The van der Waals surface area contributed by atoms with Gasteiger partial charge in [-0.3, -0.25) is 0 Å². The van der Waals surface area contributed by atoms with Gasteiger partial charge in [0, 0.05) is 6.42 Å². The van der Waals surface area contributed by atoms with E-state index >= 15 is 0 Å². The molecule has 0 heterocycles. The third-order valence-corrected chi connectivity index (χ3v) is 2.38. The molecule has 0 unspecified atom stereocenters. The molecule has 0 spiro atoms. The average Bonchev–Trinajstić information content (AvgIpc) is 2.35. The largest absolute Gasteiger partial charge is 0.463 e. The van der Waals surface area contributed by atoms with Gasteiger partial charge in [-0.15, -0.1) is 6.58 Å². The molecular weight excluding hydrogens is 239 g/mol. The fourth-order valence-electron chi connectivity index (χ4n) is 1.44. The molecule has 0 aromatic heterocycles. The second-order valence-corrected chi connectivity index (χ2v) is 3.78. The first-order valence-corrected chi connectivity index (χ1v) is 6.17. The van der Waals surface area contributed by atoms with E-state index in [0.717, 1.165) is 0 Å². The summed E-state index contributed by atoms with van der Waals surface area (Å²) < 4.78 is 23.6. The Kier molecular flexibility index (Phi) is 8.00. The van der Waals surface area contributed by atoms with Gasteiger partial charge in [0.15, 0.2) is 0 Å². The van der Waals surface area contributed by atoms with Crippen molar-refractivity contribution in [2.24, 2.45) is 0 Å². The van der Waals surface area contributed by atoms with Gasteiger partial charge < -0.3 is 9.47 Å². The Bertz CT molecular complexity index is 271. The van der Waals surface area contributed by atoms with E-state index in [1.54, 1.807) is 19.9 Å². The molecule has 0 aromatic carbocycles. The summed E-state index contributed by atoms with van der Waals surface area (Å²) in [5, 5.41) is 0. The maximum absolute atomic E-state index is 14.4. The van der Waals surface area contributed by atoms with E-state index in [9.17, 15) is 14.0 Å². The minimum absolute atomic E-state index is 0.0244. The first-order valence-electron chi connectivity index (χ1n) is 6.17. The van der Waals surface area contributed by atoms with Crippen molar-refractivity contribution in [3.8, 4) is 0 Å². The van der Waals surface area contributed by atoms with E-state index in [1.807, 2.05) is 0 Å². The molecule has 104 valence electrons. The maximum atomic E-state index is 14.4. The van der Waals surface area contributed by atoms with Crippen molar-refractivity contribution in [3.05, 3.63) is 12.7 Å². The highest BCUT2D eigenvalue weighted by Crippen LogP contribution is 2.24. The fourth-order valence-corrected chi connectivity index (χ4v) is 1.44. The second-order valence-electron chi connectivity index (χ2n) is 3.78. The number of alkyl halides is 1. The lowest BCUT2D eigenvalue weighted by atomic mass is 9.98. The Morgan fingerprint density at radius 1 is 1.17 bits per heavy atom. The quantitative estimate of drug-likeness (QED) is 0.277. The molecule has 0 saturated heterocycles. The lowest BCUT2D eigenvalue weighted by molar-refractivity contribution is -0.175. The van der Waals surface area contributed by atoms with E-state index in [4.69, 9.17) is 0 Å². The molecule has 0 rings (SSSR count). The first kappa shape index (κ1) is 16.6. The maximum Gasteiger partial charge on any atom is 0.355 e. The van der Waals surface area contributed by atoms with Crippen molar-refractivity contribution in [1.82, 2.24) is 0 Å². The number of carbonyl (C=O) groups is 2. The molecule has 4 nitrogen and oxygen atoms in total. The van der Waals surface area contributed by atoms with E-state index in [1.165, 1.54) is 0 Å². The summed E-state index contributed by atoms with van der Waals surface area (Å²) in [6.07, 6.45) is 3.24. The van der Waals surface area contributed by atoms with Crippen LogP contribution >= 0.6 is 0 Å². The normalized spacial score (nSPS) is 10.8. The van der Waals surface area contributed by atoms with Crippen molar-refractivity contribution in [1.29, 1.82) is 0 Å². The molecular formula is C13H21FO4. The van der Waals surface area contributed by atoms with Gasteiger partial charge in [0.25, 0.3) is 0 Å². The van der Waals surface area contributed by atoms with Gasteiger partial charge in [0.1, 0.15) is 0 Å². The molecule has 0 aliphatic rings. The van der Waals surface area contributed by atoms with Crippen molar-refractivity contribution in [2.45, 2.75) is 45.2 Å². The lowest BCUT2D eigenvalue weighted by Gasteiger charge is -2.20. The number of carbonyl (C=O) groups excluding carboxylic acids is 2. The molecule has 0 atom stereocenters. The van der Waals surface area contributed by atoms with Crippen LogP contribution in [0, 0.1) is 0 Å². The second kappa shape index (κ2) is 8.66. The number of esters is 2. The zero-order chi connectivity index (χ0) is 14.0. The third-order valence-electron chi connectivity index (χ3n) is 2.38. The van der Waals surface area contributed by atoms with Crippen LogP contribution in [0.25, 0.3) is 0 Å². The van der Waals surface area contributed by atoms with Crippen LogP contribution < -0.4 is 0 Å². The SMILES string of the molecule is C=CCCCCC(F)(C(=O)OCC)C(=O)OCC. The number of allylic oxidation sites excluding steroid dienone is 1. The summed E-state index contributed by atoms with van der Waals surface area (Å²) >= 11 is 0. The van der Waals surface area contributed by atoms with Crippen LogP contribution in [-0.4, -0.2) is 30.8 Å². The number of hydrogen-bond donors (Lipinski definition) is 0. The molecule has 18 heavy (non-hydrogen) atoms. The average molecular weight is 260 g/mol. The van der Waals surface area contributed by atoms with Gasteiger partial charge in [-0.05, 0) is 33.1 Å². The zero-order valence-corrected chi connectivity index (χ0v) is 11.0. The molecule has 0 radical (unpaired) electrons. The Balaban J connectivity index is 4.63. The van der Waals surface area contributed by atoms with Gasteiger partial charge >= 0.3 is 17.6 Å². The van der Waals surface area contributed by atoms with Crippen LogP contribution in [0.4, 0.5) is 4.39 Å². The van der Waals surface area contributed by atoms with Crippen molar-refractivity contribution in [2.75, 3.05) is 13.2 Å². The molecule has 0 saturated carbocycles. The summed E-state index contributed by atoms with van der Waals surface area (Å²) in [4.78, 5) is 23.1. The van der Waals surface area contributed by atoms with Crippen molar-refractivity contribution < 1.29 is 23.5 Å². The number of hydrogen-bond acceptors (Lipinski definition) is 4. The molecule has 0 N–H and O–H groups in total. The van der Waals surface area contributed by atoms with E-state index < -0.39 is 17.6 Å². The van der Waals surface area contributed by atoms with Crippen LogP contribution in [0.3, 0.4) is 0 Å². The Morgan fingerprint density at radius 2 is 1.67 bits per heavy atom. The van der Waals surface area contributed by atoms with Crippen LogP contribution in [0.15, 0.2) is 12.7 Å². The summed E-state index contributed by atoms with van der Waals surface area (Å²) in [5.41, 5.74) is -2.69. The molecule has 0 aliphatic heterocycles. The van der Waals surface area contributed by atoms with E-state index in [2.05, 4.69) is 16.1 Å². The van der Waals surface area contributed by atoms with Gasteiger partial charge in [0.05, 0.1) is 13.2 Å². The fraction of sp³-hybridized carbons (Fsp3) is 0.692. The Hall–Kier alpha value is -1.39. The van der Waals surface area contributed by atoms with E-state index in [-0.39, 0.29) is 19.6 Å². The van der Waals surface area contributed by atoms with Crippen LogP contribution in [0.5, 0.6) is 0 Å². The highest BCUT2D eigenvalue weighted by atomic mass is 19.1. The highest BCUT2D eigenvalue weighted by Gasteiger charge is 2.49. The van der Waals surface area contributed by atoms with Crippen molar-refractivity contribution >= 4 is 11.9 Å². The molecule has 0 aliphatic carbocycles. The molecule has 0 fully saturated rings. The first-order chi connectivity index (χ1) is 8.52. The number of rotatable bonds is 9. The standard InChI is InChI=1S/C13H21FO4/c1-4-7-8-9-10-13(14,11(15)17-5-2)12(16)18-6-3/h4H,1,5-10H2,2-3H3. The van der Waals surface area contributed by atoms with Gasteiger partial charge in [-0.25, -0.2) is 14.0 Å².